The van der Waals surface area contributed by atoms with Gasteiger partial charge >= 0.3 is 0 Å². The van der Waals surface area contributed by atoms with Gasteiger partial charge in [0.1, 0.15) is 5.75 Å². The van der Waals surface area contributed by atoms with Crippen LogP contribution >= 0.6 is 11.3 Å². The van der Waals surface area contributed by atoms with Gasteiger partial charge in [0.05, 0.1) is 35.3 Å². The second-order valence-electron chi connectivity index (χ2n) is 7.69. The Morgan fingerprint density at radius 3 is 2.47 bits per heavy atom. The number of carbonyl (C=O) groups is 2. The van der Waals surface area contributed by atoms with Crippen LogP contribution in [0.4, 0.5) is 10.7 Å². The maximum atomic E-state index is 13.7. The minimum absolute atomic E-state index is 0.0800. The van der Waals surface area contributed by atoms with Gasteiger partial charge in [-0.2, -0.15) is 0 Å². The Bertz CT molecular complexity index is 1140. The third-order valence-corrected chi connectivity index (χ3v) is 6.83. The number of para-hydroxylation sites is 2. The number of nitrogens with two attached hydrogens (primary N) is 1. The lowest BCUT2D eigenvalue weighted by atomic mass is 10.1. The van der Waals surface area contributed by atoms with Gasteiger partial charge in [-0.05, 0) is 23.8 Å². The standard InChI is InChI=1S/C24H23N3O4S/c25-22(28)20-15-27(18-8-4-5-9-19(18)31-20)23(29)21-14-17(16-6-2-1-3-7-16)24(32-21)26-10-12-30-13-11-26/h1-9,14,20H,10-13,15H2,(H2,25,28). The van der Waals surface area contributed by atoms with E-state index in [4.69, 9.17) is 15.2 Å². The van der Waals surface area contributed by atoms with Crippen molar-refractivity contribution in [1.82, 2.24) is 0 Å². The van der Waals surface area contributed by atoms with Gasteiger partial charge in [-0.15, -0.1) is 11.3 Å². The Morgan fingerprint density at radius 2 is 1.72 bits per heavy atom. The normalized spacial score (nSPS) is 18.1. The predicted octanol–water partition coefficient (Wildman–Crippen LogP) is 3.14. The number of hydrogen-bond donors (Lipinski definition) is 1. The van der Waals surface area contributed by atoms with Crippen molar-refractivity contribution in [2.45, 2.75) is 6.10 Å². The fraction of sp³-hybridized carbons (Fsp3) is 0.250. The minimum Gasteiger partial charge on any atom is -0.477 e. The summed E-state index contributed by atoms with van der Waals surface area (Å²) >= 11 is 1.47. The molecule has 164 valence electrons. The first kappa shape index (κ1) is 20.5. The molecule has 0 saturated carbocycles. The van der Waals surface area contributed by atoms with Crippen LogP contribution in [-0.2, 0) is 9.53 Å². The van der Waals surface area contributed by atoms with Crippen molar-refractivity contribution >= 4 is 33.8 Å². The molecule has 2 N–H and O–H groups in total. The Labute approximate surface area is 190 Å². The minimum atomic E-state index is -0.888. The number of primary amides is 1. The average Bonchev–Trinajstić information content (AvgIpc) is 3.29. The van der Waals surface area contributed by atoms with Crippen LogP contribution < -0.4 is 20.3 Å². The van der Waals surface area contributed by atoms with Crippen molar-refractivity contribution in [1.29, 1.82) is 0 Å². The van der Waals surface area contributed by atoms with E-state index in [1.165, 1.54) is 11.3 Å². The maximum absolute atomic E-state index is 13.7. The highest BCUT2D eigenvalue weighted by atomic mass is 32.1. The van der Waals surface area contributed by atoms with Crippen molar-refractivity contribution in [3.05, 3.63) is 65.5 Å². The molecule has 2 aromatic carbocycles. The van der Waals surface area contributed by atoms with Crippen LogP contribution in [0.15, 0.2) is 60.7 Å². The lowest BCUT2D eigenvalue weighted by Gasteiger charge is -2.33. The number of anilines is 2. The first-order valence-corrected chi connectivity index (χ1v) is 11.3. The van der Waals surface area contributed by atoms with Gasteiger partial charge in [0.25, 0.3) is 11.8 Å². The molecule has 1 atom stereocenters. The van der Waals surface area contributed by atoms with Gasteiger partial charge in [0, 0.05) is 18.7 Å². The predicted molar refractivity (Wildman–Crippen MR) is 125 cm³/mol. The lowest BCUT2D eigenvalue weighted by Crippen LogP contribution is -2.49. The molecule has 2 aliphatic heterocycles. The quantitative estimate of drug-likeness (QED) is 0.662. The average molecular weight is 450 g/mol. The maximum Gasteiger partial charge on any atom is 0.268 e. The monoisotopic (exact) mass is 449 g/mol. The summed E-state index contributed by atoms with van der Waals surface area (Å²) in [4.78, 5) is 30.0. The molecule has 0 bridgehead atoms. The van der Waals surface area contributed by atoms with E-state index < -0.39 is 12.0 Å². The smallest absolute Gasteiger partial charge is 0.268 e. The molecule has 3 aromatic rings. The first-order valence-electron chi connectivity index (χ1n) is 10.5. The fourth-order valence-corrected chi connectivity index (χ4v) is 5.20. The molecule has 2 amide bonds. The summed E-state index contributed by atoms with van der Waals surface area (Å²) in [6, 6.07) is 19.2. The third-order valence-electron chi connectivity index (χ3n) is 5.64. The number of thiophene rings is 1. The van der Waals surface area contributed by atoms with Crippen molar-refractivity contribution in [3.8, 4) is 16.9 Å². The van der Waals surface area contributed by atoms with Gasteiger partial charge in [-0.25, -0.2) is 0 Å². The molecule has 1 fully saturated rings. The molecule has 0 spiro atoms. The van der Waals surface area contributed by atoms with Gasteiger partial charge in [-0.3, -0.25) is 14.5 Å². The Balaban J connectivity index is 1.55. The van der Waals surface area contributed by atoms with E-state index in [0.29, 0.717) is 29.5 Å². The molecule has 8 heteroatoms. The largest absolute Gasteiger partial charge is 0.477 e. The summed E-state index contributed by atoms with van der Waals surface area (Å²) in [5, 5.41) is 1.05. The van der Waals surface area contributed by atoms with E-state index in [1.807, 2.05) is 48.5 Å². The molecule has 3 heterocycles. The second-order valence-corrected chi connectivity index (χ2v) is 8.72. The highest BCUT2D eigenvalue weighted by Crippen LogP contribution is 2.41. The number of rotatable bonds is 4. The summed E-state index contributed by atoms with van der Waals surface area (Å²) in [7, 11) is 0. The topological polar surface area (TPSA) is 85.1 Å². The van der Waals surface area contributed by atoms with E-state index in [0.717, 1.165) is 29.2 Å². The lowest BCUT2D eigenvalue weighted by molar-refractivity contribution is -0.124. The number of benzene rings is 2. The summed E-state index contributed by atoms with van der Waals surface area (Å²) in [5.41, 5.74) is 8.23. The van der Waals surface area contributed by atoms with Crippen molar-refractivity contribution in [3.63, 3.8) is 0 Å². The van der Waals surface area contributed by atoms with Crippen LogP contribution in [0.3, 0.4) is 0 Å². The van der Waals surface area contributed by atoms with Crippen molar-refractivity contribution in [2.24, 2.45) is 5.73 Å². The number of amides is 2. The summed E-state index contributed by atoms with van der Waals surface area (Å²) in [5.74, 6) is -0.291. The van der Waals surface area contributed by atoms with E-state index in [9.17, 15) is 9.59 Å². The summed E-state index contributed by atoms with van der Waals surface area (Å²) in [6.07, 6.45) is -0.888. The first-order chi connectivity index (χ1) is 15.6. The van der Waals surface area contributed by atoms with Crippen molar-refractivity contribution < 1.29 is 19.1 Å². The van der Waals surface area contributed by atoms with Crippen LogP contribution in [0, 0.1) is 0 Å². The molecule has 1 saturated heterocycles. The van der Waals surface area contributed by atoms with E-state index in [1.54, 1.807) is 17.0 Å². The van der Waals surface area contributed by atoms with Crippen LogP contribution in [0.25, 0.3) is 11.1 Å². The highest BCUT2D eigenvalue weighted by Gasteiger charge is 2.34. The van der Waals surface area contributed by atoms with Crippen LogP contribution in [-0.4, -0.2) is 50.8 Å². The zero-order valence-corrected chi connectivity index (χ0v) is 18.2. The fourth-order valence-electron chi connectivity index (χ4n) is 4.02. The van der Waals surface area contributed by atoms with Gasteiger partial charge in [0.15, 0.2) is 6.10 Å². The third kappa shape index (κ3) is 3.83. The van der Waals surface area contributed by atoms with E-state index >= 15 is 0 Å². The molecule has 0 radical (unpaired) electrons. The van der Waals surface area contributed by atoms with Gasteiger partial charge in [0.2, 0.25) is 0 Å². The van der Waals surface area contributed by atoms with E-state index in [2.05, 4.69) is 4.90 Å². The summed E-state index contributed by atoms with van der Waals surface area (Å²) in [6.45, 7) is 2.95. The molecular weight excluding hydrogens is 426 g/mol. The summed E-state index contributed by atoms with van der Waals surface area (Å²) < 4.78 is 11.2. The molecule has 1 unspecified atom stereocenters. The Kier molecular flexibility index (Phi) is 5.55. The molecular formula is C24H23N3O4S. The molecule has 2 aliphatic rings. The highest BCUT2D eigenvalue weighted by molar-refractivity contribution is 7.18. The molecule has 7 nitrogen and oxygen atoms in total. The number of morpholine rings is 1. The molecule has 5 rings (SSSR count). The number of carbonyl (C=O) groups excluding carboxylic acids is 2. The van der Waals surface area contributed by atoms with Gasteiger partial charge in [-0.1, -0.05) is 42.5 Å². The van der Waals surface area contributed by atoms with Gasteiger partial charge < -0.3 is 20.1 Å². The Morgan fingerprint density at radius 1 is 1.00 bits per heavy atom. The van der Waals surface area contributed by atoms with Crippen molar-refractivity contribution in [2.75, 3.05) is 42.6 Å². The number of hydrogen-bond acceptors (Lipinski definition) is 6. The number of nitrogens with zero attached hydrogens (tertiary/aromatic N) is 2. The van der Waals surface area contributed by atoms with Crippen LogP contribution in [0.1, 0.15) is 9.67 Å². The molecule has 1 aromatic heterocycles. The van der Waals surface area contributed by atoms with E-state index in [-0.39, 0.29) is 12.5 Å². The zero-order valence-electron chi connectivity index (χ0n) is 17.4. The Hall–Kier alpha value is -3.36. The molecule has 0 aliphatic carbocycles. The van der Waals surface area contributed by atoms with Crippen LogP contribution in [0.5, 0.6) is 5.75 Å². The SMILES string of the molecule is NC(=O)C1CN(C(=O)c2cc(-c3ccccc3)c(N3CCOCC3)s2)c2ccccc2O1. The molecule has 32 heavy (non-hydrogen) atoms. The number of fused-ring (bicyclic) bond motifs is 1. The van der Waals surface area contributed by atoms with Crippen LogP contribution in [0.2, 0.25) is 0 Å². The second kappa shape index (κ2) is 8.64. The number of ether oxygens (including phenoxy) is 2. The zero-order chi connectivity index (χ0) is 22.1.